The van der Waals surface area contributed by atoms with Gasteiger partial charge in [-0.15, -0.1) is 0 Å². The van der Waals surface area contributed by atoms with Crippen LogP contribution in [0.2, 0.25) is 5.02 Å². The van der Waals surface area contributed by atoms with Gasteiger partial charge in [0, 0.05) is 28.9 Å². The first-order valence-corrected chi connectivity index (χ1v) is 7.48. The maximum absolute atomic E-state index is 13.1. The SMILES string of the molecule is CC(CCNCc1cccc(F)c1Cl)S(C)=O. The zero-order valence-electron chi connectivity index (χ0n) is 10.0. The van der Waals surface area contributed by atoms with Crippen LogP contribution in [-0.4, -0.2) is 22.3 Å². The Morgan fingerprint density at radius 3 is 2.88 bits per heavy atom. The molecular formula is C12H17ClFNOS. The largest absolute Gasteiger partial charge is 0.313 e. The van der Waals surface area contributed by atoms with E-state index >= 15 is 0 Å². The van der Waals surface area contributed by atoms with Crippen molar-refractivity contribution in [2.75, 3.05) is 12.8 Å². The fraction of sp³-hybridized carbons (Fsp3) is 0.500. The Morgan fingerprint density at radius 2 is 2.24 bits per heavy atom. The van der Waals surface area contributed by atoms with Crippen molar-refractivity contribution in [3.8, 4) is 0 Å². The molecule has 5 heteroatoms. The summed E-state index contributed by atoms with van der Waals surface area (Å²) in [5.74, 6) is -0.394. The van der Waals surface area contributed by atoms with Crippen LogP contribution in [0.25, 0.3) is 0 Å². The van der Waals surface area contributed by atoms with E-state index in [1.807, 2.05) is 6.92 Å². The Hall–Kier alpha value is -0.450. The van der Waals surface area contributed by atoms with Crippen LogP contribution >= 0.6 is 11.6 Å². The van der Waals surface area contributed by atoms with Gasteiger partial charge in [0.2, 0.25) is 0 Å². The van der Waals surface area contributed by atoms with Crippen molar-refractivity contribution in [2.45, 2.75) is 25.1 Å². The Balaban J connectivity index is 2.36. The molecule has 0 aromatic heterocycles. The van der Waals surface area contributed by atoms with E-state index in [0.717, 1.165) is 18.5 Å². The van der Waals surface area contributed by atoms with Gasteiger partial charge in [-0.2, -0.15) is 0 Å². The summed E-state index contributed by atoms with van der Waals surface area (Å²) in [6, 6.07) is 4.77. The highest BCUT2D eigenvalue weighted by atomic mass is 35.5. The van der Waals surface area contributed by atoms with Crippen LogP contribution in [0.3, 0.4) is 0 Å². The van der Waals surface area contributed by atoms with Crippen molar-refractivity contribution in [1.29, 1.82) is 0 Å². The average molecular weight is 278 g/mol. The first-order chi connectivity index (χ1) is 8.02. The van der Waals surface area contributed by atoms with Gasteiger partial charge in [0.25, 0.3) is 0 Å². The lowest BCUT2D eigenvalue weighted by atomic mass is 10.2. The predicted molar refractivity (Wildman–Crippen MR) is 71.3 cm³/mol. The van der Waals surface area contributed by atoms with Crippen LogP contribution in [0.1, 0.15) is 18.9 Å². The van der Waals surface area contributed by atoms with Gasteiger partial charge in [-0.25, -0.2) is 4.39 Å². The summed E-state index contributed by atoms with van der Waals surface area (Å²) in [5.41, 5.74) is 0.747. The van der Waals surface area contributed by atoms with Gasteiger partial charge < -0.3 is 5.32 Å². The predicted octanol–water partition coefficient (Wildman–Crippen LogP) is 2.73. The summed E-state index contributed by atoms with van der Waals surface area (Å²) in [7, 11) is -0.792. The van der Waals surface area contributed by atoms with Crippen LogP contribution in [0.4, 0.5) is 4.39 Å². The van der Waals surface area contributed by atoms with Gasteiger partial charge in [-0.3, -0.25) is 4.21 Å². The molecule has 0 aliphatic heterocycles. The van der Waals surface area contributed by atoms with Gasteiger partial charge in [0.1, 0.15) is 5.82 Å². The first-order valence-electron chi connectivity index (χ1n) is 5.48. The fourth-order valence-electron chi connectivity index (χ4n) is 1.38. The Labute approximate surface area is 109 Å². The molecule has 1 aromatic carbocycles. The molecule has 0 heterocycles. The number of halogens is 2. The second-order valence-corrected chi connectivity index (χ2v) is 6.17. The van der Waals surface area contributed by atoms with Crippen LogP contribution in [-0.2, 0) is 17.3 Å². The molecule has 96 valence electrons. The Morgan fingerprint density at radius 1 is 1.53 bits per heavy atom. The topological polar surface area (TPSA) is 29.1 Å². The Bertz CT molecular complexity index is 400. The minimum Gasteiger partial charge on any atom is -0.313 e. The van der Waals surface area contributed by atoms with Gasteiger partial charge in [0.05, 0.1) is 5.02 Å². The van der Waals surface area contributed by atoms with E-state index in [2.05, 4.69) is 5.32 Å². The maximum Gasteiger partial charge on any atom is 0.142 e. The molecule has 1 aromatic rings. The maximum atomic E-state index is 13.1. The second kappa shape index (κ2) is 7.09. The molecule has 0 aliphatic rings. The molecule has 2 unspecified atom stereocenters. The summed E-state index contributed by atoms with van der Waals surface area (Å²) < 4.78 is 24.2. The van der Waals surface area contributed by atoms with E-state index in [1.54, 1.807) is 18.4 Å². The number of benzene rings is 1. The molecule has 2 atom stereocenters. The molecule has 1 rings (SSSR count). The minimum atomic E-state index is -0.792. The highest BCUT2D eigenvalue weighted by Gasteiger charge is 2.07. The highest BCUT2D eigenvalue weighted by Crippen LogP contribution is 2.19. The molecule has 0 amide bonds. The smallest absolute Gasteiger partial charge is 0.142 e. The van der Waals surface area contributed by atoms with Gasteiger partial charge in [-0.1, -0.05) is 30.7 Å². The lowest BCUT2D eigenvalue weighted by Gasteiger charge is -2.10. The van der Waals surface area contributed by atoms with Crippen LogP contribution in [0.15, 0.2) is 18.2 Å². The van der Waals surface area contributed by atoms with E-state index in [4.69, 9.17) is 11.6 Å². The van der Waals surface area contributed by atoms with Crippen molar-refractivity contribution < 1.29 is 8.60 Å². The zero-order valence-corrected chi connectivity index (χ0v) is 11.6. The van der Waals surface area contributed by atoms with Crippen LogP contribution in [0, 0.1) is 5.82 Å². The summed E-state index contributed by atoms with van der Waals surface area (Å²) >= 11 is 5.82. The van der Waals surface area contributed by atoms with Gasteiger partial charge in [-0.05, 0) is 24.6 Å². The standard InChI is InChI=1S/C12H17ClFNOS/c1-9(17(2)16)6-7-15-8-10-4-3-5-11(14)12(10)13/h3-5,9,15H,6-8H2,1-2H3. The normalized spacial score (nSPS) is 14.6. The zero-order chi connectivity index (χ0) is 12.8. The van der Waals surface area contributed by atoms with E-state index in [9.17, 15) is 8.60 Å². The van der Waals surface area contributed by atoms with E-state index in [0.29, 0.717) is 6.54 Å². The third kappa shape index (κ3) is 4.74. The van der Waals surface area contributed by atoms with Crippen LogP contribution in [0.5, 0.6) is 0 Å². The summed E-state index contributed by atoms with van der Waals surface area (Å²) in [6.45, 7) is 3.22. The molecular weight excluding hydrogens is 261 g/mol. The van der Waals surface area contributed by atoms with Crippen molar-refractivity contribution in [1.82, 2.24) is 5.32 Å². The molecule has 0 saturated carbocycles. The molecule has 0 spiro atoms. The molecule has 0 radical (unpaired) electrons. The van der Waals surface area contributed by atoms with Crippen molar-refractivity contribution in [3.63, 3.8) is 0 Å². The molecule has 2 nitrogen and oxygen atoms in total. The number of rotatable bonds is 6. The fourth-order valence-corrected chi connectivity index (χ4v) is 2.02. The second-order valence-electron chi connectivity index (χ2n) is 3.99. The van der Waals surface area contributed by atoms with Crippen molar-refractivity contribution in [3.05, 3.63) is 34.6 Å². The molecule has 0 bridgehead atoms. The molecule has 0 aliphatic carbocycles. The summed E-state index contributed by atoms with van der Waals surface area (Å²) in [4.78, 5) is 0. The summed E-state index contributed by atoms with van der Waals surface area (Å²) in [6.07, 6.45) is 2.53. The van der Waals surface area contributed by atoms with Crippen LogP contribution < -0.4 is 5.32 Å². The number of hydrogen-bond donors (Lipinski definition) is 1. The quantitative estimate of drug-likeness (QED) is 0.810. The third-order valence-corrected chi connectivity index (χ3v) is 4.43. The monoisotopic (exact) mass is 277 g/mol. The highest BCUT2D eigenvalue weighted by molar-refractivity contribution is 7.84. The van der Waals surface area contributed by atoms with E-state index < -0.39 is 16.6 Å². The Kier molecular flexibility index (Phi) is 6.09. The van der Waals surface area contributed by atoms with Crippen molar-refractivity contribution >= 4 is 22.4 Å². The van der Waals surface area contributed by atoms with Gasteiger partial charge in [0.15, 0.2) is 0 Å². The molecule has 0 saturated heterocycles. The van der Waals surface area contributed by atoms with Crippen molar-refractivity contribution in [2.24, 2.45) is 0 Å². The molecule has 0 fully saturated rings. The van der Waals surface area contributed by atoms with Gasteiger partial charge >= 0.3 is 0 Å². The van der Waals surface area contributed by atoms with E-state index in [1.165, 1.54) is 6.07 Å². The third-order valence-electron chi connectivity index (χ3n) is 2.64. The lowest BCUT2D eigenvalue weighted by molar-refractivity contribution is 0.612. The minimum absolute atomic E-state index is 0.172. The number of hydrogen-bond acceptors (Lipinski definition) is 2. The number of nitrogens with one attached hydrogen (secondary N) is 1. The van der Waals surface area contributed by atoms with E-state index in [-0.39, 0.29) is 10.3 Å². The molecule has 17 heavy (non-hydrogen) atoms. The first kappa shape index (κ1) is 14.6. The summed E-state index contributed by atoms with van der Waals surface area (Å²) in [5, 5.41) is 3.51. The lowest BCUT2D eigenvalue weighted by Crippen LogP contribution is -2.21. The average Bonchev–Trinajstić information content (AvgIpc) is 2.29. The molecule has 1 N–H and O–H groups in total.